The van der Waals surface area contributed by atoms with E-state index >= 15 is 0 Å². The first-order valence-electron chi connectivity index (χ1n) is 8.51. The van der Waals surface area contributed by atoms with Crippen molar-refractivity contribution < 1.29 is 4.79 Å². The van der Waals surface area contributed by atoms with Gasteiger partial charge in [0.2, 0.25) is 0 Å². The molecule has 0 spiro atoms. The Balaban J connectivity index is 1.99. The number of aromatic nitrogens is 3. The third-order valence-electron chi connectivity index (χ3n) is 4.00. The van der Waals surface area contributed by atoms with E-state index in [2.05, 4.69) is 15.3 Å². The number of anilines is 1. The fourth-order valence-corrected chi connectivity index (χ4v) is 3.79. The summed E-state index contributed by atoms with van der Waals surface area (Å²) in [5, 5.41) is 2.75. The lowest BCUT2D eigenvalue weighted by Gasteiger charge is -2.21. The van der Waals surface area contributed by atoms with E-state index < -0.39 is 0 Å². The number of hydrogen-bond donors (Lipinski definition) is 1. The summed E-state index contributed by atoms with van der Waals surface area (Å²) in [5.74, 6) is 0.582. The Kier molecular flexibility index (Phi) is 5.32. The van der Waals surface area contributed by atoms with E-state index in [1.807, 2.05) is 43.9 Å². The highest BCUT2D eigenvalue weighted by molar-refractivity contribution is 7.17. The van der Waals surface area contributed by atoms with Gasteiger partial charge in [0.05, 0.1) is 12.2 Å². The maximum absolute atomic E-state index is 12.7. The Hall–Kier alpha value is -2.74. The van der Waals surface area contributed by atoms with Gasteiger partial charge in [-0.3, -0.25) is 9.59 Å². The van der Waals surface area contributed by atoms with Crippen molar-refractivity contribution in [3.05, 3.63) is 57.1 Å². The van der Waals surface area contributed by atoms with Crippen molar-refractivity contribution in [2.75, 3.05) is 18.0 Å². The minimum Gasteiger partial charge on any atom is -0.351 e. The third kappa shape index (κ3) is 3.45. The van der Waals surface area contributed by atoms with E-state index in [1.54, 1.807) is 6.20 Å². The topological polar surface area (TPSA) is 79.6 Å². The number of thiazole rings is 1. The van der Waals surface area contributed by atoms with Gasteiger partial charge in [0.15, 0.2) is 4.96 Å². The van der Waals surface area contributed by atoms with Crippen LogP contribution in [0.5, 0.6) is 0 Å². The summed E-state index contributed by atoms with van der Waals surface area (Å²) < 4.78 is 1.39. The van der Waals surface area contributed by atoms with E-state index in [0.717, 1.165) is 17.2 Å². The Morgan fingerprint density at radius 1 is 1.35 bits per heavy atom. The molecule has 1 amide bonds. The molecular formula is C18H21N5O2S. The molecule has 0 bridgehead atoms. The smallest absolute Gasteiger partial charge is 0.269 e. The molecule has 0 aliphatic carbocycles. The quantitative estimate of drug-likeness (QED) is 0.719. The summed E-state index contributed by atoms with van der Waals surface area (Å²) in [6.45, 7) is 7.43. The number of amides is 1. The average molecular weight is 371 g/mol. The third-order valence-corrected chi connectivity index (χ3v) is 4.96. The van der Waals surface area contributed by atoms with E-state index in [4.69, 9.17) is 0 Å². The highest BCUT2D eigenvalue weighted by atomic mass is 32.1. The first-order valence-corrected chi connectivity index (χ1v) is 9.33. The van der Waals surface area contributed by atoms with Crippen LogP contribution in [0.25, 0.3) is 4.96 Å². The Labute approximate surface area is 155 Å². The molecule has 0 unspecified atom stereocenters. The molecular weight excluding hydrogens is 350 g/mol. The number of rotatable bonds is 6. The number of carbonyl (C=O) groups excluding carboxylic acids is 1. The molecule has 0 aromatic carbocycles. The van der Waals surface area contributed by atoms with E-state index in [0.29, 0.717) is 29.4 Å². The van der Waals surface area contributed by atoms with Crippen LogP contribution in [0.3, 0.4) is 0 Å². The molecule has 3 aromatic rings. The van der Waals surface area contributed by atoms with Gasteiger partial charge in [0.1, 0.15) is 11.5 Å². The zero-order valence-corrected chi connectivity index (χ0v) is 15.8. The first-order chi connectivity index (χ1) is 12.5. The minimum absolute atomic E-state index is 0.243. The van der Waals surface area contributed by atoms with E-state index in [-0.39, 0.29) is 11.5 Å². The normalized spacial score (nSPS) is 10.9. The van der Waals surface area contributed by atoms with Gasteiger partial charge in [-0.1, -0.05) is 6.07 Å². The molecule has 3 heterocycles. The van der Waals surface area contributed by atoms with Crippen LogP contribution >= 0.6 is 11.3 Å². The first kappa shape index (κ1) is 18.1. The van der Waals surface area contributed by atoms with Crippen LogP contribution in [0.2, 0.25) is 0 Å². The molecule has 3 rings (SSSR count). The second-order valence-electron chi connectivity index (χ2n) is 5.77. The summed E-state index contributed by atoms with van der Waals surface area (Å²) in [6, 6.07) is 7.22. The molecule has 0 radical (unpaired) electrons. The molecule has 0 saturated heterocycles. The minimum atomic E-state index is -0.253. The van der Waals surface area contributed by atoms with Gasteiger partial charge < -0.3 is 10.2 Å². The SMILES string of the molecule is CCNC(=O)c1c(C)sc2nc(CN(CC)c3ccccn3)cc(=O)n12. The lowest BCUT2D eigenvalue weighted by atomic mass is 10.3. The predicted octanol–water partition coefficient (Wildman–Crippen LogP) is 2.24. The summed E-state index contributed by atoms with van der Waals surface area (Å²) >= 11 is 1.35. The van der Waals surface area contributed by atoms with Crippen molar-refractivity contribution in [3.8, 4) is 0 Å². The summed E-state index contributed by atoms with van der Waals surface area (Å²) in [6.07, 6.45) is 1.74. The fourth-order valence-electron chi connectivity index (χ4n) is 2.80. The lowest BCUT2D eigenvalue weighted by Crippen LogP contribution is -2.29. The van der Waals surface area contributed by atoms with Crippen molar-refractivity contribution in [2.45, 2.75) is 27.3 Å². The maximum Gasteiger partial charge on any atom is 0.269 e. The van der Waals surface area contributed by atoms with Crippen molar-refractivity contribution >= 4 is 28.0 Å². The fraction of sp³-hybridized carbons (Fsp3) is 0.333. The van der Waals surface area contributed by atoms with Crippen LogP contribution in [-0.2, 0) is 6.54 Å². The van der Waals surface area contributed by atoms with Gasteiger partial charge in [-0.25, -0.2) is 14.4 Å². The largest absolute Gasteiger partial charge is 0.351 e. The zero-order valence-electron chi connectivity index (χ0n) is 15.0. The highest BCUT2D eigenvalue weighted by Gasteiger charge is 2.19. The number of carbonyl (C=O) groups is 1. The van der Waals surface area contributed by atoms with Gasteiger partial charge >= 0.3 is 0 Å². The molecule has 0 aliphatic heterocycles. The standard InChI is InChI=1S/C18H21N5O2S/c1-4-19-17(25)16-12(3)26-18-21-13(10-15(24)23(16)18)11-22(5-2)14-8-6-7-9-20-14/h6-10H,4-5,11H2,1-3H3,(H,19,25). The molecule has 0 fully saturated rings. The Morgan fingerprint density at radius 2 is 2.15 bits per heavy atom. The maximum atomic E-state index is 12.7. The van der Waals surface area contributed by atoms with Crippen molar-refractivity contribution in [3.63, 3.8) is 0 Å². The number of nitrogens with one attached hydrogen (secondary N) is 1. The van der Waals surface area contributed by atoms with E-state index in [9.17, 15) is 9.59 Å². The predicted molar refractivity (Wildman–Crippen MR) is 103 cm³/mol. The van der Waals surface area contributed by atoms with Crippen LogP contribution in [0.1, 0.15) is 34.9 Å². The molecule has 0 atom stereocenters. The molecule has 136 valence electrons. The molecule has 3 aromatic heterocycles. The number of aryl methyl sites for hydroxylation is 1. The van der Waals surface area contributed by atoms with Crippen LogP contribution in [0.15, 0.2) is 35.3 Å². The molecule has 1 N–H and O–H groups in total. The van der Waals surface area contributed by atoms with Crippen LogP contribution in [0, 0.1) is 6.92 Å². The van der Waals surface area contributed by atoms with Crippen LogP contribution in [-0.4, -0.2) is 33.4 Å². The van der Waals surface area contributed by atoms with Gasteiger partial charge in [0.25, 0.3) is 11.5 Å². The second-order valence-corrected chi connectivity index (χ2v) is 6.95. The molecule has 7 nitrogen and oxygen atoms in total. The van der Waals surface area contributed by atoms with Crippen molar-refractivity contribution in [1.82, 2.24) is 19.7 Å². The van der Waals surface area contributed by atoms with Crippen LogP contribution in [0.4, 0.5) is 5.82 Å². The highest BCUT2D eigenvalue weighted by Crippen LogP contribution is 2.20. The molecule has 0 aliphatic rings. The molecule has 8 heteroatoms. The zero-order chi connectivity index (χ0) is 18.7. The second kappa shape index (κ2) is 7.65. The summed E-state index contributed by atoms with van der Waals surface area (Å²) in [7, 11) is 0. The summed E-state index contributed by atoms with van der Waals surface area (Å²) in [4.78, 5) is 37.3. The number of pyridine rings is 1. The van der Waals surface area contributed by atoms with Crippen molar-refractivity contribution in [2.24, 2.45) is 0 Å². The Morgan fingerprint density at radius 3 is 2.81 bits per heavy atom. The number of hydrogen-bond acceptors (Lipinski definition) is 6. The Bertz CT molecular complexity index is 980. The van der Waals surface area contributed by atoms with Crippen LogP contribution < -0.4 is 15.8 Å². The lowest BCUT2D eigenvalue weighted by molar-refractivity contribution is 0.0949. The summed E-state index contributed by atoms with van der Waals surface area (Å²) in [5.41, 5.74) is 0.784. The average Bonchev–Trinajstić information content (AvgIpc) is 2.97. The van der Waals surface area contributed by atoms with Gasteiger partial charge in [-0.05, 0) is 32.9 Å². The van der Waals surface area contributed by atoms with Gasteiger partial charge in [0, 0.05) is 30.2 Å². The monoisotopic (exact) mass is 371 g/mol. The van der Waals surface area contributed by atoms with E-state index in [1.165, 1.54) is 21.8 Å². The molecule has 0 saturated carbocycles. The number of fused-ring (bicyclic) bond motifs is 1. The van der Waals surface area contributed by atoms with Crippen molar-refractivity contribution in [1.29, 1.82) is 0 Å². The number of nitrogens with zero attached hydrogens (tertiary/aromatic N) is 4. The van der Waals surface area contributed by atoms with Gasteiger partial charge in [-0.15, -0.1) is 11.3 Å². The molecule has 26 heavy (non-hydrogen) atoms. The van der Waals surface area contributed by atoms with Gasteiger partial charge in [-0.2, -0.15) is 0 Å².